The zero-order valence-corrected chi connectivity index (χ0v) is 11.7. The Morgan fingerprint density at radius 3 is 3.11 bits per heavy atom. The molecule has 0 aliphatic carbocycles. The molecule has 0 radical (unpaired) electrons. The fourth-order valence-corrected chi connectivity index (χ4v) is 2.43. The highest BCUT2D eigenvalue weighted by Crippen LogP contribution is 2.26. The minimum atomic E-state index is 0.565. The first-order valence-electron chi connectivity index (χ1n) is 6.29. The summed E-state index contributed by atoms with van der Waals surface area (Å²) in [6.07, 6.45) is 8.45. The Bertz CT molecular complexity index is 439. The Kier molecular flexibility index (Phi) is 4.90. The van der Waals surface area contributed by atoms with E-state index >= 15 is 0 Å². The lowest BCUT2D eigenvalue weighted by Gasteiger charge is -2.21. The van der Waals surface area contributed by atoms with E-state index in [2.05, 4.69) is 39.8 Å². The lowest BCUT2D eigenvalue weighted by atomic mass is 10.1. The average Bonchev–Trinajstić information content (AvgIpc) is 2.83. The molecule has 1 aliphatic rings. The van der Waals surface area contributed by atoms with Crippen molar-refractivity contribution < 1.29 is 4.74 Å². The maximum Gasteiger partial charge on any atom is 0.253 e. The van der Waals surface area contributed by atoms with Crippen molar-refractivity contribution >= 4 is 17.3 Å². The average molecular weight is 265 g/mol. The summed E-state index contributed by atoms with van der Waals surface area (Å²) >= 11 is 1.22. The van der Waals surface area contributed by atoms with Gasteiger partial charge in [0.2, 0.25) is 0 Å². The number of likely N-dealkylation sites (N-methyl/N-ethyl adjacent to an activating group) is 1. The van der Waals surface area contributed by atoms with Crippen LogP contribution in [0.2, 0.25) is 0 Å². The minimum absolute atomic E-state index is 0.565. The number of rotatable bonds is 5. The smallest absolute Gasteiger partial charge is 0.253 e. The second-order valence-electron chi connectivity index (χ2n) is 4.36. The topological polar surface area (TPSA) is 38.3 Å². The molecule has 1 aliphatic heterocycles. The quantitative estimate of drug-likeness (QED) is 0.767. The van der Waals surface area contributed by atoms with E-state index < -0.39 is 0 Å². The van der Waals surface area contributed by atoms with Gasteiger partial charge in [0.15, 0.2) is 0 Å². The van der Waals surface area contributed by atoms with Gasteiger partial charge in [-0.1, -0.05) is 25.2 Å². The molecular weight excluding hydrogens is 246 g/mol. The van der Waals surface area contributed by atoms with E-state index in [0.717, 1.165) is 31.6 Å². The van der Waals surface area contributed by atoms with Crippen LogP contribution < -0.4 is 4.74 Å². The van der Waals surface area contributed by atoms with Crippen LogP contribution in [0.1, 0.15) is 25.5 Å². The summed E-state index contributed by atoms with van der Waals surface area (Å²) in [7, 11) is 2.12. The van der Waals surface area contributed by atoms with Gasteiger partial charge in [0.05, 0.1) is 11.7 Å². The van der Waals surface area contributed by atoms with E-state index in [4.69, 9.17) is 4.74 Å². The molecule has 0 aromatic carbocycles. The summed E-state index contributed by atoms with van der Waals surface area (Å²) in [5.74, 6) is 0.669. The van der Waals surface area contributed by atoms with Gasteiger partial charge in [0, 0.05) is 13.1 Å². The van der Waals surface area contributed by atoms with Gasteiger partial charge in [0.25, 0.3) is 5.88 Å². The Balaban J connectivity index is 2.03. The maximum atomic E-state index is 5.66. The van der Waals surface area contributed by atoms with E-state index in [1.165, 1.54) is 17.3 Å². The summed E-state index contributed by atoms with van der Waals surface area (Å²) < 4.78 is 14.2. The monoisotopic (exact) mass is 265 g/mol. The molecule has 2 heterocycles. The molecule has 0 saturated heterocycles. The normalized spacial score (nSPS) is 17.1. The van der Waals surface area contributed by atoms with Crippen LogP contribution in [0.4, 0.5) is 0 Å². The van der Waals surface area contributed by atoms with E-state index in [9.17, 15) is 0 Å². The second kappa shape index (κ2) is 6.66. The highest BCUT2D eigenvalue weighted by molar-refractivity contribution is 6.99. The van der Waals surface area contributed by atoms with E-state index in [-0.39, 0.29) is 0 Å². The molecule has 1 aromatic rings. The van der Waals surface area contributed by atoms with Crippen LogP contribution in [0.25, 0.3) is 5.57 Å². The summed E-state index contributed by atoms with van der Waals surface area (Å²) in [6.45, 7) is 4.70. The van der Waals surface area contributed by atoms with Crippen molar-refractivity contribution in [3.05, 3.63) is 23.9 Å². The third-order valence-corrected chi connectivity index (χ3v) is 3.33. The SMILES string of the molecule is CC/C=C/COc1nsnc1C1=CCCN(C)C1. The zero-order valence-electron chi connectivity index (χ0n) is 10.9. The number of aromatic nitrogens is 2. The highest BCUT2D eigenvalue weighted by atomic mass is 32.1. The van der Waals surface area contributed by atoms with Crippen molar-refractivity contribution in [2.75, 3.05) is 26.7 Å². The number of hydrogen-bond acceptors (Lipinski definition) is 5. The van der Waals surface area contributed by atoms with Gasteiger partial charge >= 0.3 is 0 Å². The molecule has 0 amide bonds. The first-order valence-corrected chi connectivity index (χ1v) is 7.02. The standard InChI is InChI=1S/C13H19N3OS/c1-3-4-5-9-17-13-12(14-18-15-13)11-7-6-8-16(2)10-11/h4-5,7H,3,6,8-10H2,1-2H3/b5-4+. The van der Waals surface area contributed by atoms with Gasteiger partial charge in [-0.3, -0.25) is 0 Å². The molecule has 0 saturated carbocycles. The van der Waals surface area contributed by atoms with Gasteiger partial charge in [-0.15, -0.1) is 4.37 Å². The largest absolute Gasteiger partial charge is 0.471 e. The Morgan fingerprint density at radius 2 is 2.33 bits per heavy atom. The van der Waals surface area contributed by atoms with E-state index in [0.29, 0.717) is 12.5 Å². The fourth-order valence-electron chi connectivity index (χ4n) is 1.90. The first kappa shape index (κ1) is 13.2. The highest BCUT2D eigenvalue weighted by Gasteiger charge is 2.18. The van der Waals surface area contributed by atoms with Crippen LogP contribution in [0.15, 0.2) is 18.2 Å². The third-order valence-electron chi connectivity index (χ3n) is 2.82. The predicted octanol–water partition coefficient (Wildman–Crippen LogP) is 2.60. The fraction of sp³-hybridized carbons (Fsp3) is 0.538. The van der Waals surface area contributed by atoms with E-state index in [1.807, 2.05) is 6.08 Å². The molecule has 18 heavy (non-hydrogen) atoms. The molecule has 4 nitrogen and oxygen atoms in total. The van der Waals surface area contributed by atoms with Crippen LogP contribution in [-0.2, 0) is 0 Å². The predicted molar refractivity (Wildman–Crippen MR) is 74.9 cm³/mol. The molecule has 0 spiro atoms. The van der Waals surface area contributed by atoms with Crippen molar-refractivity contribution in [3.63, 3.8) is 0 Å². The summed E-state index contributed by atoms with van der Waals surface area (Å²) in [6, 6.07) is 0. The lowest BCUT2D eigenvalue weighted by Crippen LogP contribution is -2.25. The molecule has 5 heteroatoms. The second-order valence-corrected chi connectivity index (χ2v) is 4.89. The van der Waals surface area contributed by atoms with Crippen molar-refractivity contribution in [2.45, 2.75) is 19.8 Å². The Labute approximate surface area is 112 Å². The molecular formula is C13H19N3OS. The molecule has 1 aromatic heterocycles. The molecule has 0 bridgehead atoms. The molecule has 0 fully saturated rings. The van der Waals surface area contributed by atoms with Crippen LogP contribution in [0, 0.1) is 0 Å². The van der Waals surface area contributed by atoms with Gasteiger partial charge in [0.1, 0.15) is 12.3 Å². The van der Waals surface area contributed by atoms with Gasteiger partial charge in [-0.25, -0.2) is 0 Å². The summed E-state index contributed by atoms with van der Waals surface area (Å²) in [5.41, 5.74) is 2.14. The van der Waals surface area contributed by atoms with Crippen molar-refractivity contribution in [1.29, 1.82) is 0 Å². The molecule has 0 unspecified atom stereocenters. The maximum absolute atomic E-state index is 5.66. The van der Waals surface area contributed by atoms with Gasteiger partial charge in [-0.05, 0) is 25.5 Å². The summed E-state index contributed by atoms with van der Waals surface area (Å²) in [5, 5.41) is 0. The van der Waals surface area contributed by atoms with Gasteiger partial charge < -0.3 is 9.64 Å². The summed E-state index contributed by atoms with van der Waals surface area (Å²) in [4.78, 5) is 2.29. The Morgan fingerprint density at radius 1 is 1.44 bits per heavy atom. The number of hydrogen-bond donors (Lipinski definition) is 0. The first-order chi connectivity index (χ1) is 8.81. The minimum Gasteiger partial charge on any atom is -0.471 e. The van der Waals surface area contributed by atoms with Gasteiger partial charge in [-0.2, -0.15) is 4.37 Å². The van der Waals surface area contributed by atoms with Crippen molar-refractivity contribution in [1.82, 2.24) is 13.6 Å². The molecule has 0 N–H and O–H groups in total. The number of nitrogens with zero attached hydrogens (tertiary/aromatic N) is 3. The van der Waals surface area contributed by atoms with Crippen LogP contribution in [-0.4, -0.2) is 40.4 Å². The van der Waals surface area contributed by atoms with Crippen molar-refractivity contribution in [3.8, 4) is 5.88 Å². The Hall–Kier alpha value is -1.20. The molecule has 0 atom stereocenters. The lowest BCUT2D eigenvalue weighted by molar-refractivity contribution is 0.346. The van der Waals surface area contributed by atoms with Crippen LogP contribution >= 0.6 is 11.7 Å². The van der Waals surface area contributed by atoms with Crippen LogP contribution in [0.5, 0.6) is 5.88 Å². The van der Waals surface area contributed by atoms with Crippen molar-refractivity contribution in [2.24, 2.45) is 0 Å². The molecule has 98 valence electrons. The molecule has 2 rings (SSSR count). The van der Waals surface area contributed by atoms with E-state index in [1.54, 1.807) is 0 Å². The third kappa shape index (κ3) is 3.40. The zero-order chi connectivity index (χ0) is 12.8. The number of allylic oxidation sites excluding steroid dienone is 1. The number of ether oxygens (including phenoxy) is 1. The van der Waals surface area contributed by atoms with Crippen LogP contribution in [0.3, 0.4) is 0 Å².